The first-order chi connectivity index (χ1) is 8.20. The minimum absolute atomic E-state index is 0.179. The van der Waals surface area contributed by atoms with Crippen LogP contribution in [0.2, 0.25) is 0 Å². The van der Waals surface area contributed by atoms with Crippen LogP contribution in [0.25, 0.3) is 11.0 Å². The van der Waals surface area contributed by atoms with E-state index in [4.69, 9.17) is 5.73 Å². The van der Waals surface area contributed by atoms with Gasteiger partial charge in [0.25, 0.3) is 0 Å². The van der Waals surface area contributed by atoms with Gasteiger partial charge in [-0.2, -0.15) is 0 Å². The van der Waals surface area contributed by atoms with Gasteiger partial charge in [0, 0.05) is 11.5 Å². The van der Waals surface area contributed by atoms with Crippen LogP contribution >= 0.6 is 0 Å². The Morgan fingerprint density at radius 1 is 1.41 bits per heavy atom. The number of nitrogens with zero attached hydrogens (tertiary/aromatic N) is 2. The molecule has 2 aromatic heterocycles. The van der Waals surface area contributed by atoms with Crippen molar-refractivity contribution in [2.75, 3.05) is 0 Å². The summed E-state index contributed by atoms with van der Waals surface area (Å²) in [6.07, 6.45) is 1.18. The van der Waals surface area contributed by atoms with Crippen LogP contribution in [0.15, 0.2) is 28.0 Å². The predicted molar refractivity (Wildman–Crippen MR) is 70.8 cm³/mol. The van der Waals surface area contributed by atoms with Crippen molar-refractivity contribution < 1.29 is 0 Å². The Hall–Kier alpha value is -2.17. The number of aromatic amines is 1. The van der Waals surface area contributed by atoms with E-state index in [-0.39, 0.29) is 5.56 Å². The molecule has 5 nitrogen and oxygen atoms in total. The van der Waals surface area contributed by atoms with Crippen LogP contribution in [0, 0.1) is 6.92 Å². The highest BCUT2D eigenvalue weighted by atomic mass is 16.1. The van der Waals surface area contributed by atoms with E-state index < -0.39 is 0 Å². The maximum atomic E-state index is 11.1. The summed E-state index contributed by atoms with van der Waals surface area (Å²) < 4.78 is 0. The third-order valence-electron chi connectivity index (χ3n) is 2.07. The van der Waals surface area contributed by atoms with Gasteiger partial charge in [0.1, 0.15) is 5.65 Å². The van der Waals surface area contributed by atoms with Crippen molar-refractivity contribution in [2.45, 2.75) is 20.8 Å². The van der Waals surface area contributed by atoms with Crippen LogP contribution in [-0.2, 0) is 0 Å². The third kappa shape index (κ3) is 2.90. The molecule has 0 spiro atoms. The van der Waals surface area contributed by atoms with E-state index in [0.717, 1.165) is 10.9 Å². The maximum absolute atomic E-state index is 11.1. The lowest BCUT2D eigenvalue weighted by Gasteiger charge is -2.01. The van der Waals surface area contributed by atoms with Crippen molar-refractivity contribution >= 4 is 23.2 Å². The first kappa shape index (κ1) is 12.9. The topological polar surface area (TPSA) is 84.1 Å². The molecular formula is C12H16N4O. The number of aromatic nitrogens is 2. The number of nitrogens with one attached hydrogen (secondary N) is 1. The van der Waals surface area contributed by atoms with Crippen molar-refractivity contribution in [3.8, 4) is 0 Å². The van der Waals surface area contributed by atoms with E-state index >= 15 is 0 Å². The lowest BCUT2D eigenvalue weighted by Crippen LogP contribution is -2.03. The Kier molecular flexibility index (Phi) is 4.39. The molecule has 2 aromatic rings. The molecule has 0 aliphatic rings. The van der Waals surface area contributed by atoms with Gasteiger partial charge in [0.2, 0.25) is 5.56 Å². The Morgan fingerprint density at radius 3 is 2.76 bits per heavy atom. The standard InChI is InChI=1S/C10H10N4O.C2H6/c1-6-4-7-2-3-8(15)13-10(7)14-9(6)12-5-11;1-2/h2-5H,1H3,(H3,11,12,13,14,15);1-2H3. The molecule has 3 N–H and O–H groups in total. The molecule has 0 saturated carbocycles. The molecule has 0 aliphatic carbocycles. The van der Waals surface area contributed by atoms with Crippen molar-refractivity contribution in [1.29, 1.82) is 0 Å². The van der Waals surface area contributed by atoms with Crippen molar-refractivity contribution in [3.63, 3.8) is 0 Å². The molecule has 0 atom stereocenters. The Balaban J connectivity index is 0.000000686. The number of hydrogen-bond donors (Lipinski definition) is 2. The fourth-order valence-corrected chi connectivity index (χ4v) is 1.38. The Labute approximate surface area is 99.4 Å². The molecule has 90 valence electrons. The van der Waals surface area contributed by atoms with Crippen molar-refractivity contribution in [1.82, 2.24) is 9.97 Å². The first-order valence-electron chi connectivity index (χ1n) is 5.45. The summed E-state index contributed by atoms with van der Waals surface area (Å²) >= 11 is 0. The van der Waals surface area contributed by atoms with Gasteiger partial charge in [0.05, 0.1) is 6.34 Å². The average Bonchev–Trinajstić information content (AvgIpc) is 2.34. The van der Waals surface area contributed by atoms with Gasteiger partial charge in [-0.3, -0.25) is 4.79 Å². The van der Waals surface area contributed by atoms with Crippen molar-refractivity contribution in [3.05, 3.63) is 34.1 Å². The largest absolute Gasteiger partial charge is 0.390 e. The smallest absolute Gasteiger partial charge is 0.249 e. The fraction of sp³-hybridized carbons (Fsp3) is 0.250. The molecule has 17 heavy (non-hydrogen) atoms. The predicted octanol–water partition coefficient (Wildman–Crippen LogP) is 1.88. The number of hydrogen-bond acceptors (Lipinski definition) is 3. The Bertz CT molecular complexity index is 587. The van der Waals surface area contributed by atoms with E-state index in [9.17, 15) is 4.79 Å². The molecule has 2 rings (SSSR count). The zero-order chi connectivity index (χ0) is 12.8. The minimum Gasteiger partial charge on any atom is -0.390 e. The maximum Gasteiger partial charge on any atom is 0.249 e. The van der Waals surface area contributed by atoms with Gasteiger partial charge in [0.15, 0.2) is 5.82 Å². The third-order valence-corrected chi connectivity index (χ3v) is 2.07. The quantitative estimate of drug-likeness (QED) is 0.581. The van der Waals surface area contributed by atoms with Crippen LogP contribution < -0.4 is 11.3 Å². The van der Waals surface area contributed by atoms with E-state index in [1.807, 2.05) is 26.8 Å². The van der Waals surface area contributed by atoms with E-state index in [0.29, 0.717) is 11.5 Å². The second-order valence-corrected chi connectivity index (χ2v) is 3.17. The lowest BCUT2D eigenvalue weighted by molar-refractivity contribution is 1.20. The molecule has 0 radical (unpaired) electrons. The summed E-state index contributed by atoms with van der Waals surface area (Å²) in [5.41, 5.74) is 6.46. The molecule has 5 heteroatoms. The molecule has 0 saturated heterocycles. The van der Waals surface area contributed by atoms with Gasteiger partial charge in [-0.1, -0.05) is 13.8 Å². The van der Waals surface area contributed by atoms with Crippen LogP contribution in [-0.4, -0.2) is 16.3 Å². The zero-order valence-electron chi connectivity index (χ0n) is 10.2. The molecule has 0 unspecified atom stereocenters. The van der Waals surface area contributed by atoms with Crippen LogP contribution in [0.1, 0.15) is 19.4 Å². The number of pyridine rings is 2. The molecule has 2 heterocycles. The van der Waals surface area contributed by atoms with E-state index in [2.05, 4.69) is 15.0 Å². The summed E-state index contributed by atoms with van der Waals surface area (Å²) in [6, 6.07) is 5.10. The summed E-state index contributed by atoms with van der Waals surface area (Å²) in [7, 11) is 0. The van der Waals surface area contributed by atoms with Gasteiger partial charge in [-0.25, -0.2) is 9.98 Å². The molecule has 0 amide bonds. The van der Waals surface area contributed by atoms with Crippen molar-refractivity contribution in [2.24, 2.45) is 10.7 Å². The van der Waals surface area contributed by atoms with Gasteiger partial charge >= 0.3 is 0 Å². The number of aliphatic imine (C=N–C) groups is 1. The van der Waals surface area contributed by atoms with Gasteiger partial charge < -0.3 is 10.7 Å². The Morgan fingerprint density at radius 2 is 2.12 bits per heavy atom. The number of H-pyrrole nitrogens is 1. The fourth-order valence-electron chi connectivity index (χ4n) is 1.38. The highest BCUT2D eigenvalue weighted by Gasteiger charge is 2.01. The van der Waals surface area contributed by atoms with Crippen LogP contribution in [0.3, 0.4) is 0 Å². The first-order valence-corrected chi connectivity index (χ1v) is 5.45. The number of rotatable bonds is 1. The molecule has 0 bridgehead atoms. The molecule has 0 fully saturated rings. The number of aryl methyl sites for hydroxylation is 1. The second kappa shape index (κ2) is 5.79. The van der Waals surface area contributed by atoms with Gasteiger partial charge in [-0.05, 0) is 24.6 Å². The molecular weight excluding hydrogens is 216 g/mol. The lowest BCUT2D eigenvalue weighted by atomic mass is 10.2. The molecule has 0 aromatic carbocycles. The monoisotopic (exact) mass is 232 g/mol. The van der Waals surface area contributed by atoms with E-state index in [1.165, 1.54) is 12.4 Å². The minimum atomic E-state index is -0.179. The summed E-state index contributed by atoms with van der Waals surface area (Å²) in [5.74, 6) is 0.520. The summed E-state index contributed by atoms with van der Waals surface area (Å²) in [4.78, 5) is 21.8. The number of nitrogens with two attached hydrogens (primary N) is 1. The van der Waals surface area contributed by atoms with Gasteiger partial charge in [-0.15, -0.1) is 0 Å². The van der Waals surface area contributed by atoms with Crippen LogP contribution in [0.4, 0.5) is 5.82 Å². The number of fused-ring (bicyclic) bond motifs is 1. The normalized spacial score (nSPS) is 10.3. The average molecular weight is 232 g/mol. The van der Waals surface area contributed by atoms with Crippen LogP contribution in [0.5, 0.6) is 0 Å². The SMILES string of the molecule is CC.Cc1cc2ccc(=O)[nH]c2nc1N=CN. The zero-order valence-corrected chi connectivity index (χ0v) is 10.2. The second-order valence-electron chi connectivity index (χ2n) is 3.17. The summed E-state index contributed by atoms with van der Waals surface area (Å²) in [5, 5.41) is 0.878. The highest BCUT2D eigenvalue weighted by molar-refractivity contribution is 5.78. The van der Waals surface area contributed by atoms with E-state index in [1.54, 1.807) is 6.07 Å². The summed E-state index contributed by atoms with van der Waals surface area (Å²) in [6.45, 7) is 5.89. The molecule has 0 aliphatic heterocycles. The highest BCUT2D eigenvalue weighted by Crippen LogP contribution is 2.19.